The van der Waals surface area contributed by atoms with E-state index in [0.717, 1.165) is 11.4 Å². The van der Waals surface area contributed by atoms with Gasteiger partial charge in [0.05, 0.1) is 12.8 Å². The Morgan fingerprint density at radius 2 is 2.19 bits per heavy atom. The lowest BCUT2D eigenvalue weighted by molar-refractivity contribution is 0.408. The van der Waals surface area contributed by atoms with Crippen molar-refractivity contribution >= 4 is 11.8 Å². The average molecular weight is 239 g/mol. The zero-order valence-corrected chi connectivity index (χ0v) is 10.8. The maximum atomic E-state index is 7.10. The van der Waals surface area contributed by atoms with Crippen molar-refractivity contribution in [1.29, 1.82) is 5.26 Å². The van der Waals surface area contributed by atoms with Crippen LogP contribution in [0.25, 0.3) is 0 Å². The van der Waals surface area contributed by atoms with E-state index in [1.165, 1.54) is 11.8 Å². The van der Waals surface area contributed by atoms with Crippen LogP contribution in [0, 0.1) is 18.4 Å². The third kappa shape index (κ3) is 4.41. The topological polar surface area (TPSA) is 71.9 Å². The number of aromatic nitrogens is 1. The molecule has 0 aliphatic rings. The third-order valence-corrected chi connectivity index (χ3v) is 3.08. The molecule has 1 heterocycles. The number of thioether (sulfide) groups is 1. The molecule has 0 radical (unpaired) electrons. The molecule has 0 aromatic carbocycles. The van der Waals surface area contributed by atoms with Crippen LogP contribution in [-0.2, 0) is 0 Å². The summed E-state index contributed by atoms with van der Waals surface area (Å²) in [6.07, 6.45) is 5.26. The van der Waals surface area contributed by atoms with Crippen LogP contribution in [0.5, 0.6) is 5.75 Å². The molecule has 1 aromatic heterocycles. The van der Waals surface area contributed by atoms with E-state index in [4.69, 9.17) is 10.00 Å². The van der Waals surface area contributed by atoms with Crippen LogP contribution in [0.1, 0.15) is 23.4 Å². The summed E-state index contributed by atoms with van der Waals surface area (Å²) in [7, 11) is 1.68. The quantitative estimate of drug-likeness (QED) is 0.647. The van der Waals surface area contributed by atoms with Crippen LogP contribution in [0.15, 0.2) is 12.3 Å². The fourth-order valence-electron chi connectivity index (χ4n) is 1.09. The first-order valence-corrected chi connectivity index (χ1v) is 6.02. The van der Waals surface area contributed by atoms with Crippen molar-refractivity contribution in [3.8, 4) is 11.9 Å². The van der Waals surface area contributed by atoms with Crippen LogP contribution < -0.4 is 10.5 Å². The molecule has 1 atom stereocenters. The lowest BCUT2D eigenvalue weighted by Crippen LogP contribution is -1.95. The van der Waals surface area contributed by atoms with Gasteiger partial charge in [-0.3, -0.25) is 4.98 Å². The summed E-state index contributed by atoms with van der Waals surface area (Å²) < 4.78 is 5.21. The second kappa shape index (κ2) is 7.83. The molecule has 0 spiro atoms. The number of pyridine rings is 1. The fourth-order valence-corrected chi connectivity index (χ4v) is 1.49. The molecular formula is C11H17N3OS. The predicted molar refractivity (Wildman–Crippen MR) is 67.3 cm³/mol. The van der Waals surface area contributed by atoms with E-state index in [9.17, 15) is 0 Å². The van der Waals surface area contributed by atoms with Crippen molar-refractivity contribution in [3.63, 3.8) is 0 Å². The van der Waals surface area contributed by atoms with Gasteiger partial charge in [-0.2, -0.15) is 17.0 Å². The zero-order valence-electron chi connectivity index (χ0n) is 10.0. The maximum absolute atomic E-state index is 7.10. The number of ether oxygens (including phenoxy) is 1. The van der Waals surface area contributed by atoms with Gasteiger partial charge < -0.3 is 10.5 Å². The van der Waals surface area contributed by atoms with Gasteiger partial charge in [0.2, 0.25) is 0 Å². The minimum atomic E-state index is 0.474. The van der Waals surface area contributed by atoms with Gasteiger partial charge in [0.25, 0.3) is 0 Å². The SMILES string of the molecule is COc1cc(C(C)SC)cnc1C.N#CN. The first-order valence-electron chi connectivity index (χ1n) is 4.73. The van der Waals surface area contributed by atoms with Gasteiger partial charge in [-0.05, 0) is 31.7 Å². The summed E-state index contributed by atoms with van der Waals surface area (Å²) in [5.74, 6) is 0.874. The number of rotatable bonds is 3. The summed E-state index contributed by atoms with van der Waals surface area (Å²) in [6, 6.07) is 2.06. The molecule has 0 saturated heterocycles. The van der Waals surface area contributed by atoms with E-state index in [1.807, 2.05) is 24.9 Å². The van der Waals surface area contributed by atoms with Crippen LogP contribution in [-0.4, -0.2) is 18.3 Å². The predicted octanol–water partition coefficient (Wildman–Crippen LogP) is 2.25. The lowest BCUT2D eigenvalue weighted by Gasteiger charge is -2.10. The van der Waals surface area contributed by atoms with Gasteiger partial charge in [0, 0.05) is 11.4 Å². The molecule has 0 aliphatic heterocycles. The van der Waals surface area contributed by atoms with Crippen molar-refractivity contribution < 1.29 is 4.74 Å². The van der Waals surface area contributed by atoms with E-state index >= 15 is 0 Å². The van der Waals surface area contributed by atoms with E-state index in [1.54, 1.807) is 7.11 Å². The van der Waals surface area contributed by atoms with Crippen molar-refractivity contribution in [3.05, 3.63) is 23.5 Å². The second-order valence-corrected chi connectivity index (χ2v) is 4.24. The summed E-state index contributed by atoms with van der Waals surface area (Å²) in [5, 5.41) is 7.57. The summed E-state index contributed by atoms with van der Waals surface area (Å²) >= 11 is 1.81. The lowest BCUT2D eigenvalue weighted by atomic mass is 10.2. The molecule has 0 saturated carbocycles. The standard InChI is InChI=1S/C10H15NOS.CH2N2/c1-7-10(12-3)5-9(6-11-7)8(2)13-4;2-1-3/h5-6,8H,1-4H3;2H2. The number of nitrogens with two attached hydrogens (primary N) is 1. The highest BCUT2D eigenvalue weighted by molar-refractivity contribution is 7.98. The Morgan fingerprint density at radius 1 is 1.62 bits per heavy atom. The van der Waals surface area contributed by atoms with Crippen LogP contribution in [0.3, 0.4) is 0 Å². The molecule has 2 N–H and O–H groups in total. The molecule has 88 valence electrons. The summed E-state index contributed by atoms with van der Waals surface area (Å²) in [6.45, 7) is 4.11. The molecule has 1 rings (SSSR count). The molecule has 1 aromatic rings. The zero-order chi connectivity index (χ0) is 12.6. The largest absolute Gasteiger partial charge is 0.495 e. The molecule has 0 amide bonds. The van der Waals surface area contributed by atoms with Gasteiger partial charge in [-0.1, -0.05) is 0 Å². The van der Waals surface area contributed by atoms with Crippen molar-refractivity contribution in [1.82, 2.24) is 4.98 Å². The van der Waals surface area contributed by atoms with Gasteiger partial charge in [-0.15, -0.1) is 0 Å². The van der Waals surface area contributed by atoms with Crippen LogP contribution in [0.2, 0.25) is 0 Å². The molecule has 0 bridgehead atoms. The van der Waals surface area contributed by atoms with E-state index in [0.29, 0.717) is 5.25 Å². The Hall–Kier alpha value is -1.41. The molecule has 16 heavy (non-hydrogen) atoms. The fraction of sp³-hybridized carbons (Fsp3) is 0.455. The first-order chi connectivity index (χ1) is 7.60. The average Bonchev–Trinajstić information content (AvgIpc) is 2.29. The second-order valence-electron chi connectivity index (χ2n) is 3.06. The summed E-state index contributed by atoms with van der Waals surface area (Å²) in [5.41, 5.74) is 6.31. The molecular weight excluding hydrogens is 222 g/mol. The molecule has 5 heteroatoms. The highest BCUT2D eigenvalue weighted by Gasteiger charge is 2.07. The third-order valence-electron chi connectivity index (χ3n) is 2.10. The minimum absolute atomic E-state index is 0.474. The highest BCUT2D eigenvalue weighted by atomic mass is 32.2. The van der Waals surface area contributed by atoms with Crippen molar-refractivity contribution in [2.24, 2.45) is 5.73 Å². The van der Waals surface area contributed by atoms with Crippen molar-refractivity contribution in [2.45, 2.75) is 19.1 Å². The number of hydrogen-bond acceptors (Lipinski definition) is 5. The Morgan fingerprint density at radius 3 is 2.62 bits per heavy atom. The smallest absolute Gasteiger partial charge is 0.173 e. The number of nitriles is 1. The Labute approximate surface area is 101 Å². The van der Waals surface area contributed by atoms with E-state index in [-0.39, 0.29) is 0 Å². The monoisotopic (exact) mass is 239 g/mol. The van der Waals surface area contributed by atoms with Crippen molar-refractivity contribution in [2.75, 3.05) is 13.4 Å². The first kappa shape index (κ1) is 14.6. The van der Waals surface area contributed by atoms with Crippen LogP contribution >= 0.6 is 11.8 Å². The number of hydrogen-bond donors (Lipinski definition) is 1. The normalized spacial score (nSPS) is 10.7. The van der Waals surface area contributed by atoms with Crippen LogP contribution in [0.4, 0.5) is 0 Å². The van der Waals surface area contributed by atoms with Gasteiger partial charge in [-0.25, -0.2) is 0 Å². The minimum Gasteiger partial charge on any atom is -0.495 e. The van der Waals surface area contributed by atoms with Gasteiger partial charge in [0.15, 0.2) is 6.19 Å². The molecule has 1 unspecified atom stereocenters. The van der Waals surface area contributed by atoms with Gasteiger partial charge >= 0.3 is 0 Å². The molecule has 0 fully saturated rings. The number of methoxy groups -OCH3 is 1. The Balaban J connectivity index is 0.000000673. The summed E-state index contributed by atoms with van der Waals surface area (Å²) in [4.78, 5) is 4.28. The highest BCUT2D eigenvalue weighted by Crippen LogP contribution is 2.28. The Bertz CT molecular complexity index is 363. The molecule has 0 aliphatic carbocycles. The number of aryl methyl sites for hydroxylation is 1. The van der Waals surface area contributed by atoms with E-state index in [2.05, 4.69) is 30.0 Å². The Kier molecular flexibility index (Phi) is 7.14. The van der Waals surface area contributed by atoms with Gasteiger partial charge in [0.1, 0.15) is 5.75 Å². The maximum Gasteiger partial charge on any atom is 0.173 e. The van der Waals surface area contributed by atoms with E-state index < -0.39 is 0 Å². The number of nitrogens with zero attached hydrogens (tertiary/aromatic N) is 2. The molecule has 4 nitrogen and oxygen atoms in total.